The van der Waals surface area contributed by atoms with Crippen LogP contribution in [0.2, 0.25) is 0 Å². The summed E-state index contributed by atoms with van der Waals surface area (Å²) >= 11 is 0. The molecule has 0 saturated heterocycles. The lowest BCUT2D eigenvalue weighted by Crippen LogP contribution is -2.22. The second-order valence-corrected chi connectivity index (χ2v) is 8.22. The van der Waals surface area contributed by atoms with Gasteiger partial charge in [-0.3, -0.25) is 4.79 Å². The second kappa shape index (κ2) is 11.5. The minimum Gasteiger partial charge on any atom is -0.406 e. The minimum absolute atomic E-state index is 0.0606. The van der Waals surface area contributed by atoms with Crippen molar-refractivity contribution in [2.75, 3.05) is 32.1 Å². The summed E-state index contributed by atoms with van der Waals surface area (Å²) in [6.45, 7) is 1.32. The van der Waals surface area contributed by atoms with Crippen LogP contribution in [0.15, 0.2) is 24.3 Å². The van der Waals surface area contributed by atoms with Crippen LogP contribution >= 0.6 is 21.6 Å². The van der Waals surface area contributed by atoms with Gasteiger partial charge in [-0.15, -0.1) is 13.2 Å². The van der Waals surface area contributed by atoms with Crippen molar-refractivity contribution in [3.05, 3.63) is 29.8 Å². The van der Waals surface area contributed by atoms with Crippen LogP contribution in [-0.4, -0.2) is 49.3 Å². The van der Waals surface area contributed by atoms with Crippen LogP contribution in [0.3, 0.4) is 0 Å². The van der Waals surface area contributed by atoms with Gasteiger partial charge in [-0.25, -0.2) is 0 Å². The SMILES string of the molecule is CN(C)CCSSCCCC(=O)NCc1ccc(OC(F)(F)F)cc1. The molecule has 142 valence electrons. The molecule has 0 radical (unpaired) electrons. The highest BCUT2D eigenvalue weighted by molar-refractivity contribution is 8.76. The highest BCUT2D eigenvalue weighted by Crippen LogP contribution is 2.23. The van der Waals surface area contributed by atoms with Crippen molar-refractivity contribution in [3.8, 4) is 5.75 Å². The zero-order valence-corrected chi connectivity index (χ0v) is 15.9. The van der Waals surface area contributed by atoms with Crippen LogP contribution in [0.4, 0.5) is 13.2 Å². The van der Waals surface area contributed by atoms with Gasteiger partial charge in [0.25, 0.3) is 0 Å². The second-order valence-electron chi connectivity index (χ2n) is 5.52. The molecule has 0 bridgehead atoms. The molecule has 9 heteroatoms. The van der Waals surface area contributed by atoms with Crippen molar-refractivity contribution in [3.63, 3.8) is 0 Å². The van der Waals surface area contributed by atoms with Gasteiger partial charge in [0.2, 0.25) is 5.91 Å². The summed E-state index contributed by atoms with van der Waals surface area (Å²) < 4.78 is 40.0. The number of carbonyl (C=O) groups excluding carboxylic acids is 1. The molecule has 1 N–H and O–H groups in total. The van der Waals surface area contributed by atoms with E-state index in [0.717, 1.165) is 30.0 Å². The molecule has 4 nitrogen and oxygen atoms in total. The smallest absolute Gasteiger partial charge is 0.406 e. The van der Waals surface area contributed by atoms with E-state index < -0.39 is 6.36 Å². The number of benzene rings is 1. The van der Waals surface area contributed by atoms with E-state index in [-0.39, 0.29) is 18.2 Å². The fraction of sp³-hybridized carbons (Fsp3) is 0.562. The first-order valence-electron chi connectivity index (χ1n) is 7.77. The number of rotatable bonds is 11. The molecular weight excluding hydrogens is 373 g/mol. The van der Waals surface area contributed by atoms with E-state index >= 15 is 0 Å². The largest absolute Gasteiger partial charge is 0.573 e. The number of halogens is 3. The lowest BCUT2D eigenvalue weighted by atomic mass is 10.2. The number of alkyl halides is 3. The molecule has 0 saturated carbocycles. The van der Waals surface area contributed by atoms with E-state index in [1.54, 1.807) is 21.6 Å². The van der Waals surface area contributed by atoms with E-state index in [1.165, 1.54) is 24.3 Å². The first-order chi connectivity index (χ1) is 11.8. The molecule has 0 atom stereocenters. The van der Waals surface area contributed by atoms with Crippen molar-refractivity contribution in [1.82, 2.24) is 10.2 Å². The molecule has 1 aromatic carbocycles. The zero-order chi connectivity index (χ0) is 18.7. The highest BCUT2D eigenvalue weighted by atomic mass is 33.1. The van der Waals surface area contributed by atoms with Gasteiger partial charge in [0.15, 0.2) is 0 Å². The maximum atomic E-state index is 12.1. The van der Waals surface area contributed by atoms with E-state index in [9.17, 15) is 18.0 Å². The standard InChI is InChI=1S/C16H23F3N2O2S2/c1-21(2)9-11-25-24-10-3-4-15(22)20-12-13-5-7-14(8-6-13)23-16(17,18)19/h5-8H,3-4,9-12H2,1-2H3,(H,20,22). The van der Waals surface area contributed by atoms with Crippen LogP contribution in [0.1, 0.15) is 18.4 Å². The van der Waals surface area contributed by atoms with E-state index in [4.69, 9.17) is 0 Å². The predicted octanol–water partition coefficient (Wildman–Crippen LogP) is 3.92. The molecular formula is C16H23F3N2O2S2. The predicted molar refractivity (Wildman–Crippen MR) is 97.7 cm³/mol. The maximum Gasteiger partial charge on any atom is 0.573 e. The van der Waals surface area contributed by atoms with E-state index in [2.05, 4.69) is 15.0 Å². The van der Waals surface area contributed by atoms with Crippen molar-refractivity contribution < 1.29 is 22.7 Å². The number of amides is 1. The van der Waals surface area contributed by atoms with E-state index in [1.807, 2.05) is 14.1 Å². The van der Waals surface area contributed by atoms with Gasteiger partial charge in [-0.05, 0) is 38.2 Å². The number of carbonyl (C=O) groups is 1. The summed E-state index contributed by atoms with van der Waals surface area (Å²) in [6.07, 6.45) is -3.46. The lowest BCUT2D eigenvalue weighted by molar-refractivity contribution is -0.274. The third-order valence-electron chi connectivity index (χ3n) is 2.98. The Labute approximate surface area is 154 Å². The number of nitrogens with one attached hydrogen (secondary N) is 1. The summed E-state index contributed by atoms with van der Waals surface area (Å²) in [6, 6.07) is 5.46. The Morgan fingerprint density at radius 3 is 2.40 bits per heavy atom. The summed E-state index contributed by atoms with van der Waals surface area (Å²) in [5.74, 6) is 1.63. The average Bonchev–Trinajstić information content (AvgIpc) is 2.51. The minimum atomic E-state index is -4.70. The molecule has 1 rings (SSSR count). The number of hydrogen-bond acceptors (Lipinski definition) is 5. The van der Waals surface area contributed by atoms with Crippen molar-refractivity contribution in [2.24, 2.45) is 0 Å². The van der Waals surface area contributed by atoms with Crippen LogP contribution in [-0.2, 0) is 11.3 Å². The van der Waals surface area contributed by atoms with Crippen molar-refractivity contribution in [1.29, 1.82) is 0 Å². The Balaban J connectivity index is 2.13. The molecule has 0 spiro atoms. The third kappa shape index (κ3) is 12.0. The first kappa shape index (κ1) is 22.0. The zero-order valence-electron chi connectivity index (χ0n) is 14.3. The number of ether oxygens (including phenoxy) is 1. The molecule has 0 unspecified atom stereocenters. The molecule has 25 heavy (non-hydrogen) atoms. The monoisotopic (exact) mass is 396 g/mol. The van der Waals surface area contributed by atoms with Crippen molar-refractivity contribution in [2.45, 2.75) is 25.7 Å². The molecule has 0 aromatic heterocycles. The lowest BCUT2D eigenvalue weighted by Gasteiger charge is -2.10. The topological polar surface area (TPSA) is 41.6 Å². The van der Waals surface area contributed by atoms with Gasteiger partial charge in [0.05, 0.1) is 0 Å². The quantitative estimate of drug-likeness (QED) is 0.454. The Morgan fingerprint density at radius 2 is 1.80 bits per heavy atom. The van der Waals surface area contributed by atoms with Gasteiger partial charge in [0.1, 0.15) is 5.75 Å². The summed E-state index contributed by atoms with van der Waals surface area (Å²) in [5.41, 5.74) is 0.719. The fourth-order valence-electron chi connectivity index (χ4n) is 1.73. The summed E-state index contributed by atoms with van der Waals surface area (Å²) in [5, 5.41) is 2.76. The van der Waals surface area contributed by atoms with Gasteiger partial charge < -0.3 is 15.0 Å². The van der Waals surface area contributed by atoms with Crippen LogP contribution in [0, 0.1) is 0 Å². The molecule has 1 aromatic rings. The highest BCUT2D eigenvalue weighted by Gasteiger charge is 2.30. The van der Waals surface area contributed by atoms with Gasteiger partial charge in [-0.1, -0.05) is 33.7 Å². The van der Waals surface area contributed by atoms with Crippen molar-refractivity contribution >= 4 is 27.5 Å². The molecule has 0 heterocycles. The average molecular weight is 396 g/mol. The van der Waals surface area contributed by atoms with Crippen LogP contribution in [0.5, 0.6) is 5.75 Å². The fourth-order valence-corrected chi connectivity index (χ4v) is 3.95. The Kier molecular flexibility index (Phi) is 10.1. The molecule has 0 aliphatic heterocycles. The molecule has 0 aliphatic carbocycles. The number of nitrogens with zero attached hydrogens (tertiary/aromatic N) is 1. The Hall–Kier alpha value is -1.06. The maximum absolute atomic E-state index is 12.1. The number of hydrogen-bond donors (Lipinski definition) is 1. The van der Waals surface area contributed by atoms with Gasteiger partial charge in [0, 0.05) is 31.0 Å². The van der Waals surface area contributed by atoms with Gasteiger partial charge >= 0.3 is 6.36 Å². The van der Waals surface area contributed by atoms with Crippen LogP contribution < -0.4 is 10.1 Å². The summed E-state index contributed by atoms with van der Waals surface area (Å²) in [4.78, 5) is 13.9. The third-order valence-corrected chi connectivity index (χ3v) is 5.45. The molecule has 1 amide bonds. The molecule has 0 aliphatic rings. The normalized spacial score (nSPS) is 11.6. The van der Waals surface area contributed by atoms with E-state index in [0.29, 0.717) is 6.42 Å². The Bertz CT molecular complexity index is 511. The first-order valence-corrected chi connectivity index (χ1v) is 10.3. The van der Waals surface area contributed by atoms with Crippen LogP contribution in [0.25, 0.3) is 0 Å². The van der Waals surface area contributed by atoms with Gasteiger partial charge in [-0.2, -0.15) is 0 Å². The summed E-state index contributed by atoms with van der Waals surface area (Å²) in [7, 11) is 7.63. The Morgan fingerprint density at radius 1 is 1.16 bits per heavy atom. The molecule has 0 fully saturated rings.